The van der Waals surface area contributed by atoms with Crippen molar-refractivity contribution in [2.45, 2.75) is 51.5 Å². The van der Waals surface area contributed by atoms with Gasteiger partial charge in [0.25, 0.3) is 0 Å². The van der Waals surface area contributed by atoms with Gasteiger partial charge in [-0.25, -0.2) is 9.78 Å². The molecule has 1 heterocycles. The highest BCUT2D eigenvalue weighted by molar-refractivity contribution is 7.15. The van der Waals surface area contributed by atoms with Gasteiger partial charge in [-0.05, 0) is 51.0 Å². The lowest BCUT2D eigenvalue weighted by atomic mass is 10.0. The van der Waals surface area contributed by atoms with Crippen LogP contribution in [0.15, 0.2) is 30.3 Å². The first-order chi connectivity index (χ1) is 11.2. The second-order valence-electron chi connectivity index (χ2n) is 6.12. The predicted octanol–water partition coefficient (Wildman–Crippen LogP) is 4.16. The van der Waals surface area contributed by atoms with Crippen molar-refractivity contribution in [3.05, 3.63) is 46.5 Å². The molecule has 2 amide bonds. The van der Waals surface area contributed by atoms with Crippen molar-refractivity contribution in [2.24, 2.45) is 0 Å². The van der Waals surface area contributed by atoms with Crippen molar-refractivity contribution < 1.29 is 4.79 Å². The number of nitrogens with one attached hydrogen (secondary N) is 2. The van der Waals surface area contributed by atoms with Crippen molar-refractivity contribution in [2.75, 3.05) is 5.32 Å². The van der Waals surface area contributed by atoms with Crippen molar-refractivity contribution in [1.29, 1.82) is 0 Å². The molecule has 1 aliphatic carbocycles. The lowest BCUT2D eigenvalue weighted by Crippen LogP contribution is -2.36. The van der Waals surface area contributed by atoms with Crippen LogP contribution in [0.25, 0.3) is 0 Å². The van der Waals surface area contributed by atoms with E-state index in [1.54, 1.807) is 11.3 Å². The first kappa shape index (κ1) is 16.0. The number of carbonyl (C=O) groups excluding carboxylic acids is 1. The number of hydrogen-bond acceptors (Lipinski definition) is 3. The molecule has 2 aromatic rings. The molecule has 0 spiro atoms. The molecular formula is C18H23N3OS. The molecule has 0 aliphatic heterocycles. The van der Waals surface area contributed by atoms with Gasteiger partial charge >= 0.3 is 6.03 Å². The molecule has 0 fully saturated rings. The minimum atomic E-state index is -0.156. The van der Waals surface area contributed by atoms with E-state index in [1.807, 2.05) is 25.1 Å². The highest BCUT2D eigenvalue weighted by Gasteiger charge is 2.16. The Labute approximate surface area is 141 Å². The van der Waals surface area contributed by atoms with E-state index in [-0.39, 0.29) is 12.1 Å². The standard InChI is InChI=1S/C18H23N3OS/c1-13(11-12-14-7-3-2-4-8-14)19-17(22)21-18-20-15-9-5-6-10-16(15)23-18/h2-4,7-8,13H,5-6,9-12H2,1H3,(H2,19,20,21,22). The molecule has 4 nitrogen and oxygen atoms in total. The first-order valence-electron chi connectivity index (χ1n) is 8.31. The monoisotopic (exact) mass is 329 g/mol. The van der Waals surface area contributed by atoms with E-state index in [0.29, 0.717) is 0 Å². The van der Waals surface area contributed by atoms with Crippen LogP contribution in [0.3, 0.4) is 0 Å². The summed E-state index contributed by atoms with van der Waals surface area (Å²) in [4.78, 5) is 18.0. The van der Waals surface area contributed by atoms with Gasteiger partial charge in [0.1, 0.15) is 0 Å². The number of benzene rings is 1. The smallest absolute Gasteiger partial charge is 0.321 e. The SMILES string of the molecule is CC(CCc1ccccc1)NC(=O)Nc1nc2c(s1)CCCC2. The quantitative estimate of drug-likeness (QED) is 0.865. The van der Waals surface area contributed by atoms with Crippen LogP contribution in [0.4, 0.5) is 9.93 Å². The number of aromatic nitrogens is 1. The normalized spacial score (nSPS) is 14.8. The molecule has 122 valence electrons. The summed E-state index contributed by atoms with van der Waals surface area (Å²) in [5.41, 5.74) is 2.47. The maximum atomic E-state index is 12.1. The fourth-order valence-corrected chi connectivity index (χ4v) is 3.91. The average molecular weight is 329 g/mol. The lowest BCUT2D eigenvalue weighted by Gasteiger charge is -2.13. The van der Waals surface area contributed by atoms with Crippen LogP contribution in [0.1, 0.15) is 42.3 Å². The Hall–Kier alpha value is -1.88. The summed E-state index contributed by atoms with van der Waals surface area (Å²) < 4.78 is 0. The van der Waals surface area contributed by atoms with Gasteiger partial charge in [0, 0.05) is 10.9 Å². The number of aryl methyl sites for hydroxylation is 3. The highest BCUT2D eigenvalue weighted by atomic mass is 32.1. The van der Waals surface area contributed by atoms with Gasteiger partial charge in [0.05, 0.1) is 5.69 Å². The van der Waals surface area contributed by atoms with Gasteiger partial charge in [-0.2, -0.15) is 0 Å². The zero-order valence-electron chi connectivity index (χ0n) is 13.5. The van der Waals surface area contributed by atoms with E-state index in [0.717, 1.165) is 30.8 Å². The summed E-state index contributed by atoms with van der Waals surface area (Å²) >= 11 is 1.62. The number of urea groups is 1. The Balaban J connectivity index is 1.46. The topological polar surface area (TPSA) is 54.0 Å². The van der Waals surface area contributed by atoms with Gasteiger partial charge in [-0.1, -0.05) is 30.3 Å². The van der Waals surface area contributed by atoms with Gasteiger partial charge < -0.3 is 5.32 Å². The molecule has 3 rings (SSSR count). The molecule has 1 aromatic carbocycles. The van der Waals surface area contributed by atoms with Crippen LogP contribution in [0, 0.1) is 0 Å². The average Bonchev–Trinajstić information content (AvgIpc) is 2.96. The van der Waals surface area contributed by atoms with Crippen molar-refractivity contribution in [3.63, 3.8) is 0 Å². The van der Waals surface area contributed by atoms with Gasteiger partial charge in [-0.3, -0.25) is 5.32 Å². The summed E-state index contributed by atoms with van der Waals surface area (Å²) in [6, 6.07) is 10.3. The summed E-state index contributed by atoms with van der Waals surface area (Å²) in [7, 11) is 0. The summed E-state index contributed by atoms with van der Waals surface area (Å²) in [5.74, 6) is 0. The molecule has 0 saturated heterocycles. The number of anilines is 1. The minimum Gasteiger partial charge on any atom is -0.335 e. The van der Waals surface area contributed by atoms with E-state index in [9.17, 15) is 4.79 Å². The third-order valence-electron chi connectivity index (χ3n) is 4.15. The molecule has 1 atom stereocenters. The van der Waals surface area contributed by atoms with Crippen LogP contribution in [0.5, 0.6) is 0 Å². The highest BCUT2D eigenvalue weighted by Crippen LogP contribution is 2.29. The largest absolute Gasteiger partial charge is 0.335 e. The zero-order chi connectivity index (χ0) is 16.1. The number of hydrogen-bond donors (Lipinski definition) is 2. The van der Waals surface area contributed by atoms with Crippen LogP contribution in [-0.2, 0) is 19.3 Å². The van der Waals surface area contributed by atoms with Crippen LogP contribution in [0.2, 0.25) is 0 Å². The predicted molar refractivity (Wildman–Crippen MR) is 95.1 cm³/mol. The van der Waals surface area contributed by atoms with E-state index in [1.165, 1.54) is 29.0 Å². The van der Waals surface area contributed by atoms with Crippen molar-refractivity contribution in [3.8, 4) is 0 Å². The molecule has 5 heteroatoms. The fourth-order valence-electron chi connectivity index (χ4n) is 2.86. The maximum Gasteiger partial charge on any atom is 0.321 e. The maximum absolute atomic E-state index is 12.1. The van der Waals surface area contributed by atoms with Crippen LogP contribution < -0.4 is 10.6 Å². The van der Waals surface area contributed by atoms with Crippen molar-refractivity contribution >= 4 is 22.5 Å². The fraction of sp³-hybridized carbons (Fsp3) is 0.444. The minimum absolute atomic E-state index is 0.129. The Morgan fingerprint density at radius 2 is 2.04 bits per heavy atom. The number of nitrogens with zero attached hydrogens (tertiary/aromatic N) is 1. The number of fused-ring (bicyclic) bond motifs is 1. The van der Waals surface area contributed by atoms with Gasteiger partial charge in [0.2, 0.25) is 0 Å². The summed E-state index contributed by atoms with van der Waals surface area (Å²) in [5, 5.41) is 6.61. The summed E-state index contributed by atoms with van der Waals surface area (Å²) in [6.45, 7) is 2.04. The number of rotatable bonds is 5. The number of amides is 2. The lowest BCUT2D eigenvalue weighted by molar-refractivity contribution is 0.248. The number of carbonyl (C=O) groups is 1. The summed E-state index contributed by atoms with van der Waals surface area (Å²) in [6.07, 6.45) is 6.47. The molecule has 1 unspecified atom stereocenters. The Bertz CT molecular complexity index is 630. The second kappa shape index (κ2) is 7.59. The molecule has 0 saturated carbocycles. The van der Waals surface area contributed by atoms with Gasteiger partial charge in [0.15, 0.2) is 5.13 Å². The Morgan fingerprint density at radius 1 is 1.26 bits per heavy atom. The van der Waals surface area contributed by atoms with E-state index < -0.39 is 0 Å². The van der Waals surface area contributed by atoms with Crippen LogP contribution >= 0.6 is 11.3 Å². The van der Waals surface area contributed by atoms with E-state index in [2.05, 4.69) is 27.8 Å². The third-order valence-corrected chi connectivity index (χ3v) is 5.23. The Morgan fingerprint density at radius 3 is 2.83 bits per heavy atom. The molecule has 0 bridgehead atoms. The Kier molecular flexibility index (Phi) is 5.28. The molecule has 23 heavy (non-hydrogen) atoms. The van der Waals surface area contributed by atoms with Crippen LogP contribution in [-0.4, -0.2) is 17.1 Å². The first-order valence-corrected chi connectivity index (χ1v) is 9.12. The molecule has 0 radical (unpaired) electrons. The van der Waals surface area contributed by atoms with E-state index >= 15 is 0 Å². The molecular weight excluding hydrogens is 306 g/mol. The number of thiazole rings is 1. The third kappa shape index (κ3) is 4.55. The molecule has 1 aliphatic rings. The molecule has 1 aromatic heterocycles. The van der Waals surface area contributed by atoms with Crippen molar-refractivity contribution in [1.82, 2.24) is 10.3 Å². The zero-order valence-corrected chi connectivity index (χ0v) is 14.3. The second-order valence-corrected chi connectivity index (χ2v) is 7.20. The van der Waals surface area contributed by atoms with E-state index in [4.69, 9.17) is 0 Å². The van der Waals surface area contributed by atoms with Gasteiger partial charge in [-0.15, -0.1) is 11.3 Å². The molecule has 2 N–H and O–H groups in total.